The van der Waals surface area contributed by atoms with Crippen LogP contribution in [0.3, 0.4) is 0 Å². The molecule has 25 heavy (non-hydrogen) atoms. The highest BCUT2D eigenvalue weighted by atomic mass is 16.5. The molecule has 2 aromatic heterocycles. The van der Waals surface area contributed by atoms with Gasteiger partial charge in [0.2, 0.25) is 0 Å². The number of pyridine rings is 1. The number of carbonyl (C=O) groups excluding carboxylic acids is 1. The van der Waals surface area contributed by atoms with E-state index in [0.717, 1.165) is 50.1 Å². The fourth-order valence-electron chi connectivity index (χ4n) is 3.37. The standard InChI is InChI=1S/C18H25N5O2/c1-12(2)23-17-14(8-20-23)7-15(9-19-17)21-18(24)22(16-3-4-16)10-13-5-6-25-11-13/h7-9,12-13,16H,3-6,10-11H2,1-2H3,(H,21,24). The largest absolute Gasteiger partial charge is 0.381 e. The molecular formula is C18H25N5O2. The molecule has 2 fully saturated rings. The van der Waals surface area contributed by atoms with Crippen LogP contribution < -0.4 is 5.32 Å². The summed E-state index contributed by atoms with van der Waals surface area (Å²) >= 11 is 0. The number of urea groups is 1. The van der Waals surface area contributed by atoms with E-state index in [1.54, 1.807) is 12.4 Å². The zero-order valence-electron chi connectivity index (χ0n) is 14.8. The fourth-order valence-corrected chi connectivity index (χ4v) is 3.37. The van der Waals surface area contributed by atoms with Gasteiger partial charge < -0.3 is 15.0 Å². The van der Waals surface area contributed by atoms with Crippen molar-refractivity contribution >= 4 is 22.8 Å². The van der Waals surface area contributed by atoms with Crippen molar-refractivity contribution < 1.29 is 9.53 Å². The van der Waals surface area contributed by atoms with Crippen LogP contribution in [0.2, 0.25) is 0 Å². The Morgan fingerprint density at radius 3 is 2.92 bits per heavy atom. The average Bonchev–Trinajstić information content (AvgIpc) is 3.12. The Hall–Kier alpha value is -2.15. The van der Waals surface area contributed by atoms with Gasteiger partial charge >= 0.3 is 6.03 Å². The average molecular weight is 343 g/mol. The van der Waals surface area contributed by atoms with Gasteiger partial charge in [-0.2, -0.15) is 5.10 Å². The van der Waals surface area contributed by atoms with Crippen LogP contribution in [0.25, 0.3) is 11.0 Å². The van der Waals surface area contributed by atoms with Crippen molar-refractivity contribution in [1.29, 1.82) is 0 Å². The molecule has 1 aliphatic carbocycles. The van der Waals surface area contributed by atoms with Gasteiger partial charge in [-0.1, -0.05) is 0 Å². The zero-order chi connectivity index (χ0) is 17.4. The monoisotopic (exact) mass is 343 g/mol. The number of ether oxygens (including phenoxy) is 1. The second-order valence-corrected chi connectivity index (χ2v) is 7.36. The van der Waals surface area contributed by atoms with E-state index in [9.17, 15) is 4.79 Å². The summed E-state index contributed by atoms with van der Waals surface area (Å²) < 4.78 is 7.33. The minimum Gasteiger partial charge on any atom is -0.381 e. The highest BCUT2D eigenvalue weighted by Crippen LogP contribution is 2.30. The van der Waals surface area contributed by atoms with Crippen molar-refractivity contribution in [3.8, 4) is 0 Å². The van der Waals surface area contributed by atoms with Crippen LogP contribution in [0.1, 0.15) is 39.2 Å². The van der Waals surface area contributed by atoms with Crippen molar-refractivity contribution in [2.24, 2.45) is 5.92 Å². The number of fused-ring (bicyclic) bond motifs is 1. The van der Waals surface area contributed by atoms with Crippen LogP contribution in [0.5, 0.6) is 0 Å². The molecule has 2 aliphatic rings. The molecule has 7 nitrogen and oxygen atoms in total. The molecule has 1 N–H and O–H groups in total. The van der Waals surface area contributed by atoms with Crippen LogP contribution in [0, 0.1) is 5.92 Å². The fraction of sp³-hybridized carbons (Fsp3) is 0.611. The van der Waals surface area contributed by atoms with Crippen LogP contribution in [0.4, 0.5) is 10.5 Å². The summed E-state index contributed by atoms with van der Waals surface area (Å²) in [4.78, 5) is 19.2. The number of nitrogens with zero attached hydrogens (tertiary/aromatic N) is 4. The third-order valence-electron chi connectivity index (χ3n) is 4.90. The van der Waals surface area contributed by atoms with Gasteiger partial charge in [-0.3, -0.25) is 0 Å². The maximum absolute atomic E-state index is 12.8. The SMILES string of the molecule is CC(C)n1ncc2cc(NC(=O)N(CC3CCOC3)C3CC3)cnc21. The predicted molar refractivity (Wildman–Crippen MR) is 95.6 cm³/mol. The van der Waals surface area contributed by atoms with E-state index in [4.69, 9.17) is 4.74 Å². The Balaban J connectivity index is 1.48. The molecular weight excluding hydrogens is 318 g/mol. The Morgan fingerprint density at radius 2 is 2.24 bits per heavy atom. The van der Waals surface area contributed by atoms with Crippen LogP contribution in [-0.2, 0) is 4.74 Å². The molecule has 0 spiro atoms. The van der Waals surface area contributed by atoms with Crippen LogP contribution in [0.15, 0.2) is 18.5 Å². The molecule has 134 valence electrons. The maximum Gasteiger partial charge on any atom is 0.322 e. The second-order valence-electron chi connectivity index (χ2n) is 7.36. The first-order valence-corrected chi connectivity index (χ1v) is 9.10. The van der Waals surface area contributed by atoms with Crippen molar-refractivity contribution in [2.45, 2.75) is 45.2 Å². The molecule has 7 heteroatoms. The summed E-state index contributed by atoms with van der Waals surface area (Å²) in [5, 5.41) is 8.33. The van der Waals surface area contributed by atoms with Crippen molar-refractivity contribution in [3.63, 3.8) is 0 Å². The number of hydrogen-bond donors (Lipinski definition) is 1. The highest BCUT2D eigenvalue weighted by Gasteiger charge is 2.35. The van der Waals surface area contributed by atoms with Gasteiger partial charge in [0.1, 0.15) is 0 Å². The van der Waals surface area contributed by atoms with E-state index in [0.29, 0.717) is 17.6 Å². The Kier molecular flexibility index (Phi) is 4.33. The highest BCUT2D eigenvalue weighted by molar-refractivity contribution is 5.91. The third-order valence-corrected chi connectivity index (χ3v) is 4.90. The van der Waals surface area contributed by atoms with E-state index in [2.05, 4.69) is 29.2 Å². The summed E-state index contributed by atoms with van der Waals surface area (Å²) in [5.41, 5.74) is 1.56. The van der Waals surface area contributed by atoms with Crippen molar-refractivity contribution in [1.82, 2.24) is 19.7 Å². The Bertz CT molecular complexity index is 762. The Morgan fingerprint density at radius 1 is 1.40 bits per heavy atom. The molecule has 2 amide bonds. The third kappa shape index (κ3) is 3.46. The minimum atomic E-state index is -0.0354. The number of anilines is 1. The van der Waals surface area contributed by atoms with E-state index >= 15 is 0 Å². The number of hydrogen-bond acceptors (Lipinski definition) is 4. The summed E-state index contributed by atoms with van der Waals surface area (Å²) in [6.45, 7) is 6.50. The van der Waals surface area contributed by atoms with E-state index in [-0.39, 0.29) is 12.1 Å². The number of rotatable bonds is 5. The van der Waals surface area contributed by atoms with Gasteiger partial charge in [0.05, 0.1) is 24.7 Å². The van der Waals surface area contributed by atoms with Gasteiger partial charge in [0, 0.05) is 36.5 Å². The smallest absolute Gasteiger partial charge is 0.322 e. The quantitative estimate of drug-likeness (QED) is 0.906. The lowest BCUT2D eigenvalue weighted by Crippen LogP contribution is -2.40. The van der Waals surface area contributed by atoms with Gasteiger partial charge in [-0.25, -0.2) is 14.5 Å². The second kappa shape index (κ2) is 6.63. The van der Waals surface area contributed by atoms with Gasteiger partial charge in [0.25, 0.3) is 0 Å². The molecule has 0 radical (unpaired) electrons. The molecule has 1 saturated heterocycles. The van der Waals surface area contributed by atoms with Crippen molar-refractivity contribution in [3.05, 3.63) is 18.5 Å². The summed E-state index contributed by atoms with van der Waals surface area (Å²) in [6, 6.07) is 2.53. The first-order valence-electron chi connectivity index (χ1n) is 9.10. The number of aromatic nitrogens is 3. The lowest BCUT2D eigenvalue weighted by Gasteiger charge is -2.25. The molecule has 1 atom stereocenters. The molecule has 1 aliphatic heterocycles. The molecule has 1 saturated carbocycles. The maximum atomic E-state index is 12.8. The molecule has 0 aromatic carbocycles. The minimum absolute atomic E-state index is 0.0354. The molecule has 2 aromatic rings. The zero-order valence-corrected chi connectivity index (χ0v) is 14.8. The lowest BCUT2D eigenvalue weighted by molar-refractivity contribution is 0.167. The van der Waals surface area contributed by atoms with E-state index in [1.807, 2.05) is 15.6 Å². The van der Waals surface area contributed by atoms with Gasteiger partial charge in [0.15, 0.2) is 5.65 Å². The first-order chi connectivity index (χ1) is 12.1. The summed E-state index contributed by atoms with van der Waals surface area (Å²) in [7, 11) is 0. The predicted octanol–water partition coefficient (Wildman–Crippen LogP) is 3.05. The van der Waals surface area contributed by atoms with E-state index < -0.39 is 0 Å². The molecule has 1 unspecified atom stereocenters. The topological polar surface area (TPSA) is 72.3 Å². The van der Waals surface area contributed by atoms with E-state index in [1.165, 1.54) is 0 Å². The van der Waals surface area contributed by atoms with Crippen molar-refractivity contribution in [2.75, 3.05) is 25.1 Å². The summed E-state index contributed by atoms with van der Waals surface area (Å²) in [5.74, 6) is 0.455. The number of amides is 2. The van der Waals surface area contributed by atoms with Gasteiger partial charge in [-0.15, -0.1) is 0 Å². The lowest BCUT2D eigenvalue weighted by atomic mass is 10.1. The molecule has 3 heterocycles. The summed E-state index contributed by atoms with van der Waals surface area (Å²) in [6.07, 6.45) is 6.74. The van der Waals surface area contributed by atoms with Crippen LogP contribution >= 0.6 is 0 Å². The van der Waals surface area contributed by atoms with Crippen LogP contribution in [-0.4, -0.2) is 51.5 Å². The normalized spacial score (nSPS) is 20.4. The number of carbonyl (C=O) groups is 1. The molecule has 4 rings (SSSR count). The van der Waals surface area contributed by atoms with Gasteiger partial charge in [-0.05, 0) is 39.2 Å². The molecule has 0 bridgehead atoms. The number of nitrogens with one attached hydrogen (secondary N) is 1. The Labute approximate surface area is 147 Å². The first kappa shape index (κ1) is 16.3.